The van der Waals surface area contributed by atoms with Gasteiger partial charge < -0.3 is 10.2 Å². The first-order valence-corrected chi connectivity index (χ1v) is 10.3. The molecule has 0 radical (unpaired) electrons. The van der Waals surface area contributed by atoms with Gasteiger partial charge in [-0.2, -0.15) is 5.10 Å². The molecule has 0 saturated carbocycles. The van der Waals surface area contributed by atoms with Gasteiger partial charge in [0.2, 0.25) is 0 Å². The summed E-state index contributed by atoms with van der Waals surface area (Å²) in [6.07, 6.45) is 3.53. The van der Waals surface area contributed by atoms with E-state index in [1.54, 1.807) is 30.5 Å². The zero-order valence-corrected chi connectivity index (χ0v) is 18.6. The summed E-state index contributed by atoms with van der Waals surface area (Å²) < 4.78 is 2.65. The second-order valence-electron chi connectivity index (χ2n) is 7.13. The average molecular weight is 463 g/mol. The Hall–Kier alpha value is -2.68. The van der Waals surface area contributed by atoms with Gasteiger partial charge in [-0.25, -0.2) is 19.0 Å². The number of benzene rings is 1. The van der Waals surface area contributed by atoms with Crippen LogP contribution < -0.4 is 15.9 Å². The fraction of sp³-hybridized carbons (Fsp3) is 0.333. The number of carbonyl (C=O) groups is 1. The highest BCUT2D eigenvalue weighted by Gasteiger charge is 2.24. The van der Waals surface area contributed by atoms with E-state index in [2.05, 4.69) is 20.3 Å². The van der Waals surface area contributed by atoms with Gasteiger partial charge in [-0.05, 0) is 42.8 Å². The van der Waals surface area contributed by atoms with Crippen molar-refractivity contribution in [1.29, 1.82) is 0 Å². The average Bonchev–Trinajstić information content (AvgIpc) is 3.16. The molecular weight excluding hydrogens is 439 g/mol. The molecule has 4 rings (SSSR count). The number of halogens is 2. The molecule has 0 bridgehead atoms. The first kappa shape index (κ1) is 23.0. The van der Waals surface area contributed by atoms with Crippen molar-refractivity contribution in [2.45, 2.75) is 19.4 Å². The van der Waals surface area contributed by atoms with E-state index >= 15 is 0 Å². The molecule has 1 N–H and O–H groups in total. The van der Waals surface area contributed by atoms with E-state index in [0.717, 1.165) is 32.0 Å². The van der Waals surface area contributed by atoms with Crippen LogP contribution in [-0.2, 0) is 0 Å². The third-order valence-electron chi connectivity index (χ3n) is 5.26. The molecule has 1 atom stereocenters. The number of aromatic nitrogens is 4. The van der Waals surface area contributed by atoms with Gasteiger partial charge >= 0.3 is 5.69 Å². The van der Waals surface area contributed by atoms with Gasteiger partial charge in [0.1, 0.15) is 18.2 Å². The van der Waals surface area contributed by atoms with E-state index in [-0.39, 0.29) is 23.9 Å². The van der Waals surface area contributed by atoms with Gasteiger partial charge in [-0.1, -0.05) is 18.5 Å². The molecule has 1 aliphatic rings. The topological polar surface area (TPSA) is 85.1 Å². The Morgan fingerprint density at radius 3 is 2.48 bits per heavy atom. The molecule has 164 valence electrons. The minimum Gasteiger partial charge on any atom is -0.354 e. The Morgan fingerprint density at radius 2 is 1.87 bits per heavy atom. The van der Waals surface area contributed by atoms with E-state index in [1.165, 1.54) is 15.6 Å². The number of hydrogen-bond acceptors (Lipinski definition) is 6. The summed E-state index contributed by atoms with van der Waals surface area (Å²) in [5, 5.41) is 8.08. The van der Waals surface area contributed by atoms with E-state index in [0.29, 0.717) is 22.7 Å². The van der Waals surface area contributed by atoms with E-state index < -0.39 is 6.04 Å². The summed E-state index contributed by atoms with van der Waals surface area (Å²) in [7, 11) is 0. The van der Waals surface area contributed by atoms with Crippen molar-refractivity contribution in [3.05, 3.63) is 70.0 Å². The smallest absolute Gasteiger partial charge is 0.351 e. The molecule has 0 spiro atoms. The fourth-order valence-corrected chi connectivity index (χ4v) is 3.71. The number of nitrogens with one attached hydrogen (secondary N) is 1. The molecule has 1 aromatic carbocycles. The minimum absolute atomic E-state index is 0. The predicted octanol–water partition coefficient (Wildman–Crippen LogP) is 2.75. The van der Waals surface area contributed by atoms with Crippen molar-refractivity contribution in [3.8, 4) is 5.69 Å². The number of anilines is 1. The lowest BCUT2D eigenvalue weighted by Gasteiger charge is -2.28. The Bertz CT molecular complexity index is 1070. The van der Waals surface area contributed by atoms with Gasteiger partial charge in [-0.3, -0.25) is 4.79 Å². The summed E-state index contributed by atoms with van der Waals surface area (Å²) in [5.74, 6) is 0.707. The molecule has 31 heavy (non-hydrogen) atoms. The van der Waals surface area contributed by atoms with Gasteiger partial charge in [0.25, 0.3) is 0 Å². The van der Waals surface area contributed by atoms with Crippen LogP contribution >= 0.6 is 24.0 Å². The summed E-state index contributed by atoms with van der Waals surface area (Å²) in [4.78, 5) is 32.6. The van der Waals surface area contributed by atoms with Crippen LogP contribution in [0.2, 0.25) is 5.02 Å². The second kappa shape index (κ2) is 10.1. The van der Waals surface area contributed by atoms with Gasteiger partial charge in [0, 0.05) is 36.8 Å². The van der Waals surface area contributed by atoms with Crippen LogP contribution in [0.15, 0.2) is 53.7 Å². The predicted molar refractivity (Wildman–Crippen MR) is 123 cm³/mol. The lowest BCUT2D eigenvalue weighted by Crippen LogP contribution is -2.43. The Balaban J connectivity index is 0.00000272. The number of piperazine rings is 1. The monoisotopic (exact) mass is 462 g/mol. The van der Waals surface area contributed by atoms with Crippen LogP contribution in [0, 0.1) is 0 Å². The maximum Gasteiger partial charge on any atom is 0.351 e. The molecule has 8 nitrogen and oxygen atoms in total. The number of nitrogens with zero attached hydrogens (tertiary/aromatic N) is 5. The van der Waals surface area contributed by atoms with Crippen molar-refractivity contribution in [1.82, 2.24) is 24.6 Å². The van der Waals surface area contributed by atoms with E-state index in [9.17, 15) is 9.59 Å². The van der Waals surface area contributed by atoms with Crippen LogP contribution in [0.1, 0.15) is 29.7 Å². The SMILES string of the molecule is CCC(C(=O)c1ccc(Cl)cc1)n1ncn(-c2ccc(N3CCNCC3)nc2)c1=O.Cl. The molecule has 1 fully saturated rings. The summed E-state index contributed by atoms with van der Waals surface area (Å²) in [5.41, 5.74) is 0.731. The maximum atomic E-state index is 13.0. The Kier molecular flexibility index (Phi) is 7.48. The Labute approximate surface area is 191 Å². The fourth-order valence-electron chi connectivity index (χ4n) is 3.59. The first-order chi connectivity index (χ1) is 14.6. The quantitative estimate of drug-likeness (QED) is 0.566. The number of hydrogen-bond donors (Lipinski definition) is 1. The van der Waals surface area contributed by atoms with Crippen molar-refractivity contribution in [3.63, 3.8) is 0 Å². The molecular formula is C21H24Cl2N6O2. The van der Waals surface area contributed by atoms with Crippen LogP contribution in [0.4, 0.5) is 5.82 Å². The van der Waals surface area contributed by atoms with Crippen LogP contribution in [0.5, 0.6) is 0 Å². The normalized spacial score (nSPS) is 14.7. The van der Waals surface area contributed by atoms with Crippen molar-refractivity contribution >= 4 is 35.6 Å². The van der Waals surface area contributed by atoms with Crippen molar-refractivity contribution in [2.24, 2.45) is 0 Å². The molecule has 3 aromatic rings. The number of carbonyl (C=O) groups excluding carboxylic acids is 1. The molecule has 0 amide bonds. The standard InChI is InChI=1S/C21H23ClN6O2.ClH/c1-2-18(20(29)15-3-5-16(22)6-4-15)28-21(30)27(14-25-28)17-7-8-19(24-13-17)26-11-9-23-10-12-26;/h3-8,13-14,18,23H,2,9-12H2,1H3;1H. The minimum atomic E-state index is -0.687. The largest absolute Gasteiger partial charge is 0.354 e. The van der Waals surface area contributed by atoms with Crippen LogP contribution in [-0.4, -0.2) is 51.3 Å². The molecule has 2 aromatic heterocycles. The summed E-state index contributed by atoms with van der Waals surface area (Å²) in [6.45, 7) is 5.50. The molecule has 1 saturated heterocycles. The third-order valence-corrected chi connectivity index (χ3v) is 5.51. The maximum absolute atomic E-state index is 13.0. The number of ketones is 1. The molecule has 1 aliphatic heterocycles. The molecule has 3 heterocycles. The molecule has 1 unspecified atom stereocenters. The van der Waals surface area contributed by atoms with E-state index in [1.807, 2.05) is 19.1 Å². The highest BCUT2D eigenvalue weighted by molar-refractivity contribution is 6.30. The zero-order chi connectivity index (χ0) is 21.1. The lowest BCUT2D eigenvalue weighted by atomic mass is 10.0. The number of Topliss-reactive ketones (excluding diaryl/α,β-unsaturated/α-hetero) is 1. The summed E-state index contributed by atoms with van der Waals surface area (Å²) in [6, 6.07) is 9.71. The third kappa shape index (κ3) is 4.81. The second-order valence-corrected chi connectivity index (χ2v) is 7.57. The number of rotatable bonds is 6. The molecule has 10 heteroatoms. The first-order valence-electron chi connectivity index (χ1n) is 9.96. The van der Waals surface area contributed by atoms with Crippen molar-refractivity contribution < 1.29 is 4.79 Å². The van der Waals surface area contributed by atoms with Gasteiger partial charge in [0.15, 0.2) is 5.78 Å². The zero-order valence-electron chi connectivity index (χ0n) is 17.1. The van der Waals surface area contributed by atoms with Gasteiger partial charge in [0.05, 0.1) is 11.9 Å². The van der Waals surface area contributed by atoms with Crippen LogP contribution in [0.25, 0.3) is 5.69 Å². The highest BCUT2D eigenvalue weighted by atomic mass is 35.5. The van der Waals surface area contributed by atoms with Gasteiger partial charge in [-0.15, -0.1) is 12.4 Å². The van der Waals surface area contributed by atoms with Crippen molar-refractivity contribution in [2.75, 3.05) is 31.1 Å². The van der Waals surface area contributed by atoms with E-state index in [4.69, 9.17) is 11.6 Å². The van der Waals surface area contributed by atoms with Crippen LogP contribution in [0.3, 0.4) is 0 Å². The Morgan fingerprint density at radius 1 is 1.16 bits per heavy atom. The summed E-state index contributed by atoms with van der Waals surface area (Å²) >= 11 is 5.91. The number of pyridine rings is 1. The molecule has 0 aliphatic carbocycles. The highest BCUT2D eigenvalue weighted by Crippen LogP contribution is 2.19. The lowest BCUT2D eigenvalue weighted by molar-refractivity contribution is 0.0911.